The zero-order valence-electron chi connectivity index (χ0n) is 9.97. The van der Waals surface area contributed by atoms with Crippen LogP contribution in [0.5, 0.6) is 0 Å². The van der Waals surface area contributed by atoms with Gasteiger partial charge in [-0.2, -0.15) is 0 Å². The average Bonchev–Trinajstić information content (AvgIpc) is 2.88. The number of hydrogen-bond donors (Lipinski definition) is 2. The molecular formula is C12H22N4. The van der Waals surface area contributed by atoms with Gasteiger partial charge < -0.3 is 15.6 Å². The Kier molecular flexibility index (Phi) is 3.96. The quantitative estimate of drug-likeness (QED) is 0.781. The molecule has 1 aromatic rings. The SMILES string of the molecule is CC(Cn1ccnc1)NC1CCCC1CN. The molecule has 1 aliphatic carbocycles. The molecule has 1 fully saturated rings. The van der Waals surface area contributed by atoms with Gasteiger partial charge in [0.05, 0.1) is 6.33 Å². The summed E-state index contributed by atoms with van der Waals surface area (Å²) < 4.78 is 2.12. The fourth-order valence-electron chi connectivity index (χ4n) is 2.67. The zero-order valence-corrected chi connectivity index (χ0v) is 9.97. The lowest BCUT2D eigenvalue weighted by atomic mass is 10.0. The van der Waals surface area contributed by atoms with Crippen LogP contribution < -0.4 is 11.1 Å². The maximum Gasteiger partial charge on any atom is 0.0946 e. The van der Waals surface area contributed by atoms with Crippen molar-refractivity contribution in [3.05, 3.63) is 18.7 Å². The van der Waals surface area contributed by atoms with Crippen LogP contribution in [0.15, 0.2) is 18.7 Å². The van der Waals surface area contributed by atoms with Crippen molar-refractivity contribution in [3.63, 3.8) is 0 Å². The molecule has 0 aromatic carbocycles. The Balaban J connectivity index is 1.80. The highest BCUT2D eigenvalue weighted by Gasteiger charge is 2.26. The van der Waals surface area contributed by atoms with Gasteiger partial charge in [0.15, 0.2) is 0 Å². The summed E-state index contributed by atoms with van der Waals surface area (Å²) in [6.45, 7) is 4.02. The van der Waals surface area contributed by atoms with E-state index in [1.54, 1.807) is 0 Å². The second-order valence-corrected chi connectivity index (χ2v) is 4.86. The zero-order chi connectivity index (χ0) is 11.4. The van der Waals surface area contributed by atoms with E-state index in [2.05, 4.69) is 21.8 Å². The lowest BCUT2D eigenvalue weighted by Gasteiger charge is -2.24. The van der Waals surface area contributed by atoms with Gasteiger partial charge >= 0.3 is 0 Å². The molecule has 0 radical (unpaired) electrons. The summed E-state index contributed by atoms with van der Waals surface area (Å²) in [5, 5.41) is 3.69. The fourth-order valence-corrected chi connectivity index (χ4v) is 2.67. The van der Waals surface area contributed by atoms with Crippen molar-refractivity contribution in [2.75, 3.05) is 6.54 Å². The first-order valence-electron chi connectivity index (χ1n) is 6.21. The standard InChI is InChI=1S/C12H22N4/c1-10(8-16-6-5-14-9-16)15-12-4-2-3-11(12)7-13/h5-6,9-12,15H,2-4,7-8,13H2,1H3. The van der Waals surface area contributed by atoms with E-state index in [1.807, 2.05) is 18.7 Å². The van der Waals surface area contributed by atoms with Crippen molar-refractivity contribution >= 4 is 0 Å². The second-order valence-electron chi connectivity index (χ2n) is 4.86. The highest BCUT2D eigenvalue weighted by atomic mass is 15.1. The molecule has 2 rings (SSSR count). The Hall–Kier alpha value is -0.870. The lowest BCUT2D eigenvalue weighted by Crippen LogP contribution is -2.42. The molecule has 4 nitrogen and oxygen atoms in total. The van der Waals surface area contributed by atoms with Gasteiger partial charge in [0.2, 0.25) is 0 Å². The van der Waals surface area contributed by atoms with E-state index in [9.17, 15) is 0 Å². The molecular weight excluding hydrogens is 200 g/mol. The minimum Gasteiger partial charge on any atom is -0.336 e. The summed E-state index contributed by atoms with van der Waals surface area (Å²) >= 11 is 0. The van der Waals surface area contributed by atoms with Gasteiger partial charge in [-0.15, -0.1) is 0 Å². The van der Waals surface area contributed by atoms with E-state index in [4.69, 9.17) is 5.73 Å². The second kappa shape index (κ2) is 5.46. The van der Waals surface area contributed by atoms with Crippen molar-refractivity contribution in [2.24, 2.45) is 11.7 Å². The van der Waals surface area contributed by atoms with Crippen molar-refractivity contribution in [2.45, 2.75) is 44.8 Å². The smallest absolute Gasteiger partial charge is 0.0946 e. The first-order valence-corrected chi connectivity index (χ1v) is 6.21. The average molecular weight is 222 g/mol. The van der Waals surface area contributed by atoms with Crippen LogP contribution in [-0.4, -0.2) is 28.2 Å². The molecule has 4 heteroatoms. The maximum atomic E-state index is 5.78. The van der Waals surface area contributed by atoms with E-state index >= 15 is 0 Å². The number of nitrogens with one attached hydrogen (secondary N) is 1. The van der Waals surface area contributed by atoms with Gasteiger partial charge in [-0.3, -0.25) is 0 Å². The summed E-state index contributed by atoms with van der Waals surface area (Å²) in [6, 6.07) is 1.09. The number of imidazole rings is 1. The molecule has 0 saturated heterocycles. The molecule has 90 valence electrons. The molecule has 1 saturated carbocycles. The molecule has 1 aromatic heterocycles. The largest absolute Gasteiger partial charge is 0.336 e. The van der Waals surface area contributed by atoms with Gasteiger partial charge in [0.25, 0.3) is 0 Å². The molecule has 16 heavy (non-hydrogen) atoms. The monoisotopic (exact) mass is 222 g/mol. The van der Waals surface area contributed by atoms with E-state index in [0.29, 0.717) is 18.0 Å². The van der Waals surface area contributed by atoms with Crippen LogP contribution in [0.2, 0.25) is 0 Å². The molecule has 0 amide bonds. The Labute approximate surface area is 97.2 Å². The molecule has 1 heterocycles. The van der Waals surface area contributed by atoms with Gasteiger partial charge in [0.1, 0.15) is 0 Å². The number of hydrogen-bond acceptors (Lipinski definition) is 3. The highest BCUT2D eigenvalue weighted by Crippen LogP contribution is 2.24. The van der Waals surface area contributed by atoms with E-state index in [-0.39, 0.29) is 0 Å². The van der Waals surface area contributed by atoms with E-state index in [1.165, 1.54) is 19.3 Å². The third-order valence-corrected chi connectivity index (χ3v) is 3.50. The predicted molar refractivity (Wildman–Crippen MR) is 65.0 cm³/mol. The Morgan fingerprint density at radius 1 is 1.56 bits per heavy atom. The highest BCUT2D eigenvalue weighted by molar-refractivity contribution is 4.86. The van der Waals surface area contributed by atoms with Crippen LogP contribution in [0.4, 0.5) is 0 Å². The molecule has 0 aliphatic heterocycles. The van der Waals surface area contributed by atoms with E-state index in [0.717, 1.165) is 13.1 Å². The Bertz CT molecular complexity index is 296. The molecule has 3 unspecified atom stereocenters. The summed E-state index contributed by atoms with van der Waals surface area (Å²) in [7, 11) is 0. The van der Waals surface area contributed by atoms with Gasteiger partial charge in [-0.05, 0) is 32.2 Å². The minimum absolute atomic E-state index is 0.478. The molecule has 3 N–H and O–H groups in total. The van der Waals surface area contributed by atoms with Crippen LogP contribution in [-0.2, 0) is 6.54 Å². The molecule has 3 atom stereocenters. The van der Waals surface area contributed by atoms with Crippen LogP contribution in [0.1, 0.15) is 26.2 Å². The normalized spacial score (nSPS) is 27.1. The van der Waals surface area contributed by atoms with Crippen LogP contribution in [0.3, 0.4) is 0 Å². The number of rotatable bonds is 5. The van der Waals surface area contributed by atoms with Crippen molar-refractivity contribution in [3.8, 4) is 0 Å². The number of nitrogens with zero attached hydrogens (tertiary/aromatic N) is 2. The third kappa shape index (κ3) is 2.83. The summed E-state index contributed by atoms with van der Waals surface area (Å²) in [4.78, 5) is 4.05. The Morgan fingerprint density at radius 2 is 2.44 bits per heavy atom. The topological polar surface area (TPSA) is 55.9 Å². The van der Waals surface area contributed by atoms with Crippen LogP contribution in [0.25, 0.3) is 0 Å². The third-order valence-electron chi connectivity index (χ3n) is 3.50. The van der Waals surface area contributed by atoms with Crippen molar-refractivity contribution in [1.82, 2.24) is 14.9 Å². The molecule has 0 spiro atoms. The lowest BCUT2D eigenvalue weighted by molar-refractivity contribution is 0.349. The van der Waals surface area contributed by atoms with E-state index < -0.39 is 0 Å². The predicted octanol–water partition coefficient (Wildman–Crippen LogP) is 0.989. The molecule has 0 bridgehead atoms. The first kappa shape index (κ1) is 11.6. The summed E-state index contributed by atoms with van der Waals surface area (Å²) in [5.74, 6) is 0.672. The van der Waals surface area contributed by atoms with Crippen LogP contribution in [0, 0.1) is 5.92 Å². The van der Waals surface area contributed by atoms with Crippen molar-refractivity contribution < 1.29 is 0 Å². The van der Waals surface area contributed by atoms with Crippen molar-refractivity contribution in [1.29, 1.82) is 0 Å². The van der Waals surface area contributed by atoms with Gasteiger partial charge in [-0.1, -0.05) is 6.42 Å². The summed E-state index contributed by atoms with van der Waals surface area (Å²) in [6.07, 6.45) is 9.57. The van der Waals surface area contributed by atoms with Gasteiger partial charge in [-0.25, -0.2) is 4.98 Å². The molecule has 1 aliphatic rings. The van der Waals surface area contributed by atoms with Crippen LogP contribution >= 0.6 is 0 Å². The first-order chi connectivity index (χ1) is 7.79. The Morgan fingerprint density at radius 3 is 3.12 bits per heavy atom. The number of aromatic nitrogens is 2. The minimum atomic E-state index is 0.478. The summed E-state index contributed by atoms with van der Waals surface area (Å²) in [5.41, 5.74) is 5.78. The fraction of sp³-hybridized carbons (Fsp3) is 0.750. The maximum absolute atomic E-state index is 5.78. The number of nitrogens with two attached hydrogens (primary N) is 1. The van der Waals surface area contributed by atoms with Gasteiger partial charge in [0, 0.05) is 31.0 Å².